The smallest absolute Gasteiger partial charge is 0.345 e. The van der Waals surface area contributed by atoms with E-state index in [1.807, 2.05) is 13.8 Å². The van der Waals surface area contributed by atoms with Gasteiger partial charge in [-0.2, -0.15) is 4.31 Å². The van der Waals surface area contributed by atoms with E-state index in [1.165, 1.54) is 10.4 Å². The molecule has 1 N–H and O–H groups in total. The highest BCUT2D eigenvalue weighted by molar-refractivity contribution is 7.89. The first-order valence-corrected chi connectivity index (χ1v) is 8.87. The van der Waals surface area contributed by atoms with Crippen LogP contribution in [0.1, 0.15) is 34.8 Å². The number of hydrogen-bond acceptors (Lipinski definition) is 5. The summed E-state index contributed by atoms with van der Waals surface area (Å²) in [5, 5.41) is 9.01. The molecule has 6 nitrogen and oxygen atoms in total. The number of aryl methyl sites for hydroxylation is 1. The van der Waals surface area contributed by atoms with E-state index >= 15 is 0 Å². The van der Waals surface area contributed by atoms with Crippen molar-refractivity contribution in [2.75, 3.05) is 19.7 Å². The van der Waals surface area contributed by atoms with Gasteiger partial charge in [0, 0.05) is 24.6 Å². The number of carbonyl (C=O) groups is 1. The van der Waals surface area contributed by atoms with Crippen LogP contribution in [0.2, 0.25) is 0 Å². The minimum absolute atomic E-state index is 0.0383. The first kappa shape index (κ1) is 16.4. The first-order valence-electron chi connectivity index (χ1n) is 6.61. The first-order chi connectivity index (χ1) is 9.63. The fourth-order valence-corrected chi connectivity index (χ4v) is 5.34. The Morgan fingerprint density at radius 2 is 2.14 bits per heavy atom. The SMILES string of the molecule is Cc1sc(C(=O)O)cc1S(=O)(=O)N1CCCOC(C)(C)C1. The monoisotopic (exact) mass is 333 g/mol. The molecule has 21 heavy (non-hydrogen) atoms. The molecular weight excluding hydrogens is 314 g/mol. The van der Waals surface area contributed by atoms with Gasteiger partial charge in [-0.05, 0) is 33.3 Å². The van der Waals surface area contributed by atoms with Gasteiger partial charge in [0.25, 0.3) is 0 Å². The third kappa shape index (κ3) is 3.45. The van der Waals surface area contributed by atoms with Crippen LogP contribution < -0.4 is 0 Å². The zero-order valence-electron chi connectivity index (χ0n) is 12.2. The lowest BCUT2D eigenvalue weighted by atomic mass is 10.1. The predicted octanol–water partition coefficient (Wildman–Crippen LogP) is 1.94. The summed E-state index contributed by atoms with van der Waals surface area (Å²) < 4.78 is 32.6. The van der Waals surface area contributed by atoms with Crippen LogP contribution in [0.3, 0.4) is 0 Å². The molecule has 0 spiro atoms. The van der Waals surface area contributed by atoms with Crippen LogP contribution in [0.4, 0.5) is 0 Å². The van der Waals surface area contributed by atoms with Gasteiger partial charge in [-0.3, -0.25) is 0 Å². The Hall–Kier alpha value is -0.960. The van der Waals surface area contributed by atoms with Crippen LogP contribution in [0.5, 0.6) is 0 Å². The zero-order valence-corrected chi connectivity index (χ0v) is 13.9. The van der Waals surface area contributed by atoms with Gasteiger partial charge in [0.1, 0.15) is 4.88 Å². The summed E-state index contributed by atoms with van der Waals surface area (Å²) in [6, 6.07) is 1.25. The van der Waals surface area contributed by atoms with Gasteiger partial charge in [-0.25, -0.2) is 13.2 Å². The van der Waals surface area contributed by atoms with Gasteiger partial charge in [0.05, 0.1) is 10.5 Å². The van der Waals surface area contributed by atoms with Crippen molar-refractivity contribution in [2.24, 2.45) is 0 Å². The van der Waals surface area contributed by atoms with Gasteiger partial charge in [-0.15, -0.1) is 11.3 Å². The largest absolute Gasteiger partial charge is 0.477 e. The molecule has 0 atom stereocenters. The van der Waals surface area contributed by atoms with Crippen LogP contribution in [0, 0.1) is 6.92 Å². The van der Waals surface area contributed by atoms with E-state index in [9.17, 15) is 13.2 Å². The standard InChI is InChI=1S/C13H19NO5S2/c1-9-11(7-10(20-9)12(15)16)21(17,18)14-5-4-6-19-13(2,3)8-14/h7H,4-6,8H2,1-3H3,(H,15,16). The molecule has 0 aliphatic carbocycles. The van der Waals surface area contributed by atoms with Crippen LogP contribution >= 0.6 is 11.3 Å². The fourth-order valence-electron chi connectivity index (χ4n) is 2.31. The molecule has 1 aliphatic heterocycles. The normalized spacial score (nSPS) is 20.1. The lowest BCUT2D eigenvalue weighted by Gasteiger charge is -2.28. The van der Waals surface area contributed by atoms with E-state index in [2.05, 4.69) is 0 Å². The van der Waals surface area contributed by atoms with E-state index in [0.717, 1.165) is 11.3 Å². The van der Waals surface area contributed by atoms with Crippen molar-refractivity contribution >= 4 is 27.3 Å². The molecule has 0 aromatic carbocycles. The lowest BCUT2D eigenvalue weighted by molar-refractivity contribution is -0.0100. The topological polar surface area (TPSA) is 83.9 Å². The number of rotatable bonds is 3. The second-order valence-electron chi connectivity index (χ2n) is 5.64. The van der Waals surface area contributed by atoms with Crippen molar-refractivity contribution in [2.45, 2.75) is 37.7 Å². The van der Waals surface area contributed by atoms with Crippen molar-refractivity contribution < 1.29 is 23.1 Å². The fraction of sp³-hybridized carbons (Fsp3) is 0.615. The van der Waals surface area contributed by atoms with Crippen molar-refractivity contribution in [3.63, 3.8) is 0 Å². The van der Waals surface area contributed by atoms with Crippen molar-refractivity contribution in [3.05, 3.63) is 15.8 Å². The summed E-state index contributed by atoms with van der Waals surface area (Å²) in [5.41, 5.74) is -0.552. The predicted molar refractivity (Wildman–Crippen MR) is 79.4 cm³/mol. The van der Waals surface area contributed by atoms with E-state index in [0.29, 0.717) is 24.4 Å². The molecule has 1 aromatic heterocycles. The molecule has 118 valence electrons. The molecule has 0 unspecified atom stereocenters. The quantitative estimate of drug-likeness (QED) is 0.914. The molecule has 1 fully saturated rings. The maximum absolute atomic E-state index is 12.8. The number of aromatic carboxylic acids is 1. The number of sulfonamides is 1. The number of carboxylic acid groups (broad SMARTS) is 1. The maximum Gasteiger partial charge on any atom is 0.345 e. The highest BCUT2D eigenvalue weighted by atomic mass is 32.2. The van der Waals surface area contributed by atoms with Gasteiger partial charge < -0.3 is 9.84 Å². The number of hydrogen-bond donors (Lipinski definition) is 1. The Morgan fingerprint density at radius 1 is 1.48 bits per heavy atom. The molecule has 0 radical (unpaired) electrons. The van der Waals surface area contributed by atoms with Gasteiger partial charge in [-0.1, -0.05) is 0 Å². The molecule has 0 saturated carbocycles. The molecule has 8 heteroatoms. The van der Waals surface area contributed by atoms with Crippen molar-refractivity contribution in [3.8, 4) is 0 Å². The number of carboxylic acids is 1. The second-order valence-corrected chi connectivity index (χ2v) is 8.80. The summed E-state index contributed by atoms with van der Waals surface area (Å²) in [6.07, 6.45) is 0.623. The summed E-state index contributed by atoms with van der Waals surface area (Å²) in [6.45, 7) is 6.48. The molecule has 1 aromatic rings. The van der Waals surface area contributed by atoms with Gasteiger partial charge in [0.2, 0.25) is 10.0 Å². The van der Waals surface area contributed by atoms with Crippen molar-refractivity contribution in [1.29, 1.82) is 0 Å². The zero-order chi connectivity index (χ0) is 15.8. The highest BCUT2D eigenvalue weighted by Gasteiger charge is 2.35. The summed E-state index contributed by atoms with van der Waals surface area (Å²) in [7, 11) is -3.70. The minimum atomic E-state index is -3.70. The van der Waals surface area contributed by atoms with E-state index in [-0.39, 0.29) is 16.3 Å². The third-order valence-electron chi connectivity index (χ3n) is 3.30. The molecular formula is C13H19NO5S2. The molecule has 1 aliphatic rings. The number of nitrogens with zero attached hydrogens (tertiary/aromatic N) is 1. The van der Waals surface area contributed by atoms with Crippen LogP contribution in [-0.2, 0) is 14.8 Å². The molecule has 2 rings (SSSR count). The van der Waals surface area contributed by atoms with E-state index < -0.39 is 21.6 Å². The Morgan fingerprint density at radius 3 is 2.71 bits per heavy atom. The van der Waals surface area contributed by atoms with Crippen LogP contribution in [0.25, 0.3) is 0 Å². The summed E-state index contributed by atoms with van der Waals surface area (Å²) >= 11 is 0.982. The maximum atomic E-state index is 12.8. The number of ether oxygens (including phenoxy) is 1. The van der Waals surface area contributed by atoms with Crippen LogP contribution in [-0.4, -0.2) is 49.1 Å². The molecule has 2 heterocycles. The van der Waals surface area contributed by atoms with E-state index in [4.69, 9.17) is 9.84 Å². The summed E-state index contributed by atoms with van der Waals surface area (Å²) in [5.74, 6) is -1.11. The molecule has 0 amide bonds. The minimum Gasteiger partial charge on any atom is -0.477 e. The lowest BCUT2D eigenvalue weighted by Crippen LogP contribution is -2.41. The molecule has 0 bridgehead atoms. The average Bonchev–Trinajstić information content (AvgIpc) is 2.66. The second kappa shape index (κ2) is 5.68. The van der Waals surface area contributed by atoms with Crippen LogP contribution in [0.15, 0.2) is 11.0 Å². The van der Waals surface area contributed by atoms with Gasteiger partial charge in [0.15, 0.2) is 0 Å². The average molecular weight is 333 g/mol. The Bertz CT molecular complexity index is 648. The molecule has 1 saturated heterocycles. The van der Waals surface area contributed by atoms with Crippen molar-refractivity contribution in [1.82, 2.24) is 4.31 Å². The Balaban J connectivity index is 2.39. The highest BCUT2D eigenvalue weighted by Crippen LogP contribution is 2.30. The third-order valence-corrected chi connectivity index (χ3v) is 6.44. The Labute approximate surface area is 128 Å². The summed E-state index contributed by atoms with van der Waals surface area (Å²) in [4.78, 5) is 11.6. The number of thiophene rings is 1. The Kier molecular flexibility index (Phi) is 4.44. The van der Waals surface area contributed by atoms with Gasteiger partial charge >= 0.3 is 5.97 Å². The van der Waals surface area contributed by atoms with E-state index in [1.54, 1.807) is 6.92 Å².